The molecule has 238 valence electrons. The summed E-state index contributed by atoms with van der Waals surface area (Å²) >= 11 is 0. The Morgan fingerprint density at radius 3 is 2.55 bits per heavy atom. The molecule has 7 rings (SSSR count). The summed E-state index contributed by atoms with van der Waals surface area (Å²) in [6.45, 7) is 1.70. The summed E-state index contributed by atoms with van der Waals surface area (Å²) in [5.41, 5.74) is 4.11. The summed E-state index contributed by atoms with van der Waals surface area (Å²) < 4.78 is 61.1. The maximum absolute atomic E-state index is 13.7. The minimum absolute atomic E-state index is 0.180. The van der Waals surface area contributed by atoms with E-state index in [1.807, 2.05) is 16.7 Å². The number of furan rings is 1. The van der Waals surface area contributed by atoms with E-state index in [1.165, 1.54) is 51.4 Å². The molecule has 2 N–H and O–H groups in total. The highest BCUT2D eigenvalue weighted by atomic mass is 32.2. The third-order valence-electron chi connectivity index (χ3n) is 8.11. The maximum atomic E-state index is 13.7. The lowest BCUT2D eigenvalue weighted by Gasteiger charge is -2.21. The number of rotatable bonds is 7. The van der Waals surface area contributed by atoms with Crippen molar-refractivity contribution in [3.8, 4) is 39.7 Å². The van der Waals surface area contributed by atoms with Crippen LogP contribution in [0.1, 0.15) is 27.6 Å². The number of pyridine rings is 1. The van der Waals surface area contributed by atoms with Crippen LogP contribution in [0.25, 0.3) is 55.8 Å². The van der Waals surface area contributed by atoms with Crippen LogP contribution in [-0.2, 0) is 21.5 Å². The molecule has 0 saturated heterocycles. The van der Waals surface area contributed by atoms with Crippen molar-refractivity contribution in [1.29, 1.82) is 0 Å². The molecule has 1 aliphatic heterocycles. The molecule has 47 heavy (non-hydrogen) atoms. The second-order valence-electron chi connectivity index (χ2n) is 10.8. The van der Waals surface area contributed by atoms with Gasteiger partial charge in [-0.1, -0.05) is 6.07 Å². The van der Waals surface area contributed by atoms with Gasteiger partial charge in [-0.15, -0.1) is 0 Å². The highest BCUT2D eigenvalue weighted by molar-refractivity contribution is 7.92. The number of halogens is 1. The summed E-state index contributed by atoms with van der Waals surface area (Å²) in [7, 11) is -0.960. The summed E-state index contributed by atoms with van der Waals surface area (Å²) in [6, 6.07) is 19.3. The Labute approximate surface area is 268 Å². The number of carbonyl (C=O) groups is 2. The highest BCUT2D eigenvalue weighted by Gasteiger charge is 2.27. The van der Waals surface area contributed by atoms with Crippen molar-refractivity contribution in [3.63, 3.8) is 0 Å². The molecule has 1 aliphatic rings. The van der Waals surface area contributed by atoms with Crippen molar-refractivity contribution >= 4 is 49.5 Å². The number of methoxy groups -OCH3 is 1. The molecule has 4 heterocycles. The molecule has 0 fully saturated rings. The minimum Gasteiger partial charge on any atom is -0.470 e. The van der Waals surface area contributed by atoms with Crippen molar-refractivity contribution < 1.29 is 36.3 Å². The van der Waals surface area contributed by atoms with Crippen LogP contribution in [0.2, 0.25) is 0 Å². The lowest BCUT2D eigenvalue weighted by molar-refractivity contribution is 0.0602. The number of ether oxygens (including phenoxy) is 2. The molecule has 0 aliphatic carbocycles. The van der Waals surface area contributed by atoms with Crippen molar-refractivity contribution in [3.05, 3.63) is 89.7 Å². The Morgan fingerprint density at radius 2 is 1.83 bits per heavy atom. The van der Waals surface area contributed by atoms with Crippen molar-refractivity contribution in [1.82, 2.24) is 14.9 Å². The van der Waals surface area contributed by atoms with E-state index in [0.717, 1.165) is 5.52 Å². The van der Waals surface area contributed by atoms with Gasteiger partial charge in [-0.3, -0.25) is 9.52 Å². The average Bonchev–Trinajstić information content (AvgIpc) is 3.65. The van der Waals surface area contributed by atoms with Gasteiger partial charge in [-0.25, -0.2) is 22.6 Å². The first-order valence-electron chi connectivity index (χ1n) is 14.6. The smallest absolute Gasteiger partial charge is 0.338 e. The Hall–Kier alpha value is -5.69. The zero-order valence-electron chi connectivity index (χ0n) is 25.4. The molecule has 6 aromatic rings. The molecule has 0 saturated carbocycles. The number of amides is 1. The van der Waals surface area contributed by atoms with E-state index in [1.54, 1.807) is 30.3 Å². The van der Waals surface area contributed by atoms with Crippen LogP contribution in [0.4, 0.5) is 10.1 Å². The van der Waals surface area contributed by atoms with Crippen LogP contribution < -0.4 is 14.8 Å². The van der Waals surface area contributed by atoms with Crippen LogP contribution in [0.5, 0.6) is 5.75 Å². The van der Waals surface area contributed by atoms with Crippen LogP contribution in [0, 0.1) is 5.82 Å². The first kappa shape index (κ1) is 30.0. The van der Waals surface area contributed by atoms with Crippen LogP contribution in [-0.4, -0.2) is 49.8 Å². The van der Waals surface area contributed by atoms with Crippen LogP contribution in [0.3, 0.4) is 0 Å². The number of nitrogens with one attached hydrogen (secondary N) is 2. The van der Waals surface area contributed by atoms with E-state index in [2.05, 4.69) is 10.0 Å². The van der Waals surface area contributed by atoms with E-state index in [9.17, 15) is 22.4 Å². The summed E-state index contributed by atoms with van der Waals surface area (Å²) in [5.74, 6) is -0.885. The van der Waals surface area contributed by atoms with Gasteiger partial charge in [0.1, 0.15) is 28.6 Å². The number of fused-ring (bicyclic) bond motifs is 6. The van der Waals surface area contributed by atoms with Crippen molar-refractivity contribution in [2.24, 2.45) is 0 Å². The van der Waals surface area contributed by atoms with Crippen LogP contribution in [0.15, 0.2) is 77.2 Å². The zero-order valence-corrected chi connectivity index (χ0v) is 26.2. The van der Waals surface area contributed by atoms with E-state index in [0.29, 0.717) is 50.3 Å². The van der Waals surface area contributed by atoms with E-state index >= 15 is 0 Å². The van der Waals surface area contributed by atoms with Gasteiger partial charge in [-0.05, 0) is 67.6 Å². The molecule has 3 aromatic carbocycles. The first-order chi connectivity index (χ1) is 22.6. The van der Waals surface area contributed by atoms with E-state index in [-0.39, 0.29) is 35.1 Å². The number of aromatic nitrogens is 2. The monoisotopic (exact) mass is 654 g/mol. The fourth-order valence-corrected chi connectivity index (χ4v) is 6.42. The second kappa shape index (κ2) is 11.3. The number of benzene rings is 3. The predicted octanol–water partition coefficient (Wildman–Crippen LogP) is 6.18. The Kier molecular flexibility index (Phi) is 7.20. The van der Waals surface area contributed by atoms with Crippen molar-refractivity contribution in [2.45, 2.75) is 13.7 Å². The Bertz CT molecular complexity index is 2360. The SMILES string of the molecule is CCS(=O)(=O)Nc1cc2oc(-c3ccc(F)cc3)c(C(=O)NC)c2cc1-c1ccc2c(n1)-c1cc3c(C(=O)OC)cccc3n1CO2. The topological polar surface area (TPSA) is 142 Å². The maximum Gasteiger partial charge on any atom is 0.338 e. The lowest BCUT2D eigenvalue weighted by atomic mass is 10.0. The van der Waals surface area contributed by atoms with Gasteiger partial charge in [0.2, 0.25) is 10.0 Å². The third-order valence-corrected chi connectivity index (χ3v) is 9.40. The molecule has 11 nitrogen and oxygen atoms in total. The predicted molar refractivity (Wildman–Crippen MR) is 174 cm³/mol. The summed E-state index contributed by atoms with van der Waals surface area (Å²) in [5, 5.41) is 3.69. The number of sulfonamides is 1. The number of nitrogens with zero attached hydrogens (tertiary/aromatic N) is 2. The second-order valence-corrected chi connectivity index (χ2v) is 12.8. The number of hydrogen-bond acceptors (Lipinski definition) is 8. The van der Waals surface area contributed by atoms with Gasteiger partial charge in [0.15, 0.2) is 6.73 Å². The molecule has 0 spiro atoms. The molecule has 0 radical (unpaired) electrons. The van der Waals surface area contributed by atoms with Gasteiger partial charge < -0.3 is 23.8 Å². The van der Waals surface area contributed by atoms with E-state index < -0.39 is 27.7 Å². The van der Waals surface area contributed by atoms with Gasteiger partial charge in [0.05, 0.1) is 46.6 Å². The van der Waals surface area contributed by atoms with E-state index in [4.69, 9.17) is 18.9 Å². The largest absolute Gasteiger partial charge is 0.470 e. The fourth-order valence-electron chi connectivity index (χ4n) is 5.77. The number of anilines is 1. The summed E-state index contributed by atoms with van der Waals surface area (Å²) in [6.07, 6.45) is 0. The Balaban J connectivity index is 1.46. The number of esters is 1. The van der Waals surface area contributed by atoms with Gasteiger partial charge in [-0.2, -0.15) is 0 Å². The van der Waals surface area contributed by atoms with Crippen molar-refractivity contribution in [2.75, 3.05) is 24.6 Å². The molecule has 0 atom stereocenters. The average molecular weight is 655 g/mol. The lowest BCUT2D eigenvalue weighted by Crippen LogP contribution is -2.18. The first-order valence-corrected chi connectivity index (χ1v) is 16.2. The molecular weight excluding hydrogens is 627 g/mol. The standard InChI is InChI=1S/C34H27FN4O7S/c1-4-47(42,43)38-25-16-29-23(30(33(40)36-2)32(46-29)18-8-10-19(35)11-9-18)14-22(25)24-12-13-28-31(37-24)27-15-21-20(34(41)44-3)6-5-7-26(21)39(27)17-45-28/h5-16,38H,4,17H2,1-3H3,(H,36,40). The molecule has 0 bridgehead atoms. The third kappa shape index (κ3) is 5.04. The highest BCUT2D eigenvalue weighted by Crippen LogP contribution is 2.43. The minimum atomic E-state index is -3.76. The molecule has 3 aromatic heterocycles. The fraction of sp³-hybridized carbons (Fsp3) is 0.147. The van der Waals surface area contributed by atoms with Gasteiger partial charge >= 0.3 is 5.97 Å². The molecule has 1 amide bonds. The normalized spacial score (nSPS) is 12.3. The van der Waals surface area contributed by atoms with Crippen LogP contribution >= 0.6 is 0 Å². The molecule has 13 heteroatoms. The number of hydrogen-bond donors (Lipinski definition) is 2. The quantitative estimate of drug-likeness (QED) is 0.195. The van der Waals surface area contributed by atoms with Gasteiger partial charge in [0, 0.05) is 35.0 Å². The Morgan fingerprint density at radius 1 is 1.04 bits per heavy atom. The molecule has 0 unspecified atom stereocenters. The summed E-state index contributed by atoms with van der Waals surface area (Å²) in [4.78, 5) is 30.7. The molecular formula is C34H27FN4O7S. The zero-order chi connectivity index (χ0) is 33.0. The van der Waals surface area contributed by atoms with Gasteiger partial charge in [0.25, 0.3) is 5.91 Å². The number of carbonyl (C=O) groups excluding carboxylic acids is 2.